The number of nitrogens with zero attached hydrogens (tertiary/aromatic N) is 1. The van der Waals surface area contributed by atoms with Crippen molar-refractivity contribution in [2.75, 3.05) is 6.54 Å². The van der Waals surface area contributed by atoms with Gasteiger partial charge >= 0.3 is 0 Å². The van der Waals surface area contributed by atoms with E-state index in [2.05, 4.69) is 15.3 Å². The molecular formula is C14H21N3O2. The zero-order valence-electron chi connectivity index (χ0n) is 11.1. The normalized spacial score (nSPS) is 24.7. The number of H-pyrrole nitrogens is 1. The smallest absolute Gasteiger partial charge is 0.258 e. The average molecular weight is 263 g/mol. The second-order valence-electron chi connectivity index (χ2n) is 5.67. The Labute approximate surface area is 112 Å². The van der Waals surface area contributed by atoms with Gasteiger partial charge < -0.3 is 15.4 Å². The molecule has 104 valence electrons. The molecule has 1 atom stereocenters. The third kappa shape index (κ3) is 2.52. The maximum atomic E-state index is 12.2. The van der Waals surface area contributed by atoms with Crippen molar-refractivity contribution in [2.24, 2.45) is 0 Å². The molecule has 1 aliphatic heterocycles. The Hall–Kier alpha value is -1.36. The summed E-state index contributed by atoms with van der Waals surface area (Å²) < 4.78 is 0. The van der Waals surface area contributed by atoms with Crippen LogP contribution in [-0.2, 0) is 0 Å². The second kappa shape index (κ2) is 5.33. The van der Waals surface area contributed by atoms with E-state index in [1.165, 1.54) is 0 Å². The van der Waals surface area contributed by atoms with Crippen LogP contribution in [-0.4, -0.2) is 21.6 Å². The molecule has 1 aliphatic carbocycles. The van der Waals surface area contributed by atoms with Crippen LogP contribution < -0.4 is 10.9 Å². The van der Waals surface area contributed by atoms with Crippen molar-refractivity contribution in [3.05, 3.63) is 21.7 Å². The molecule has 0 amide bonds. The van der Waals surface area contributed by atoms with E-state index in [-0.39, 0.29) is 23.4 Å². The molecule has 0 radical (unpaired) electrons. The number of hydrogen-bond donors (Lipinski definition) is 3. The molecule has 5 nitrogen and oxygen atoms in total. The number of aromatic hydroxyl groups is 1. The molecule has 5 heteroatoms. The van der Waals surface area contributed by atoms with Gasteiger partial charge in [0.05, 0.1) is 11.6 Å². The molecule has 1 saturated heterocycles. The molecule has 0 bridgehead atoms. The first-order valence-electron chi connectivity index (χ1n) is 7.32. The van der Waals surface area contributed by atoms with Gasteiger partial charge in [-0.25, -0.2) is 0 Å². The van der Waals surface area contributed by atoms with E-state index >= 15 is 0 Å². The Bertz CT molecular complexity index is 500. The Morgan fingerprint density at radius 1 is 1.11 bits per heavy atom. The largest absolute Gasteiger partial charge is 0.493 e. The standard InChI is InChI=1S/C14H21N3O2/c18-13-11(9-5-1-2-6-9)14(19)17-12(16-13)10-7-3-4-8-15-10/h9-10,15H,1-8H2,(H2,16,17,18,19). The molecular weight excluding hydrogens is 242 g/mol. The van der Waals surface area contributed by atoms with Gasteiger partial charge in [-0.1, -0.05) is 19.3 Å². The highest BCUT2D eigenvalue weighted by Crippen LogP contribution is 2.35. The van der Waals surface area contributed by atoms with E-state index in [9.17, 15) is 9.90 Å². The molecule has 2 heterocycles. The maximum absolute atomic E-state index is 12.2. The fourth-order valence-corrected chi connectivity index (χ4v) is 3.32. The van der Waals surface area contributed by atoms with Crippen molar-refractivity contribution in [2.45, 2.75) is 56.9 Å². The number of aromatic nitrogens is 2. The Balaban J connectivity index is 1.90. The first kappa shape index (κ1) is 12.7. The first-order valence-corrected chi connectivity index (χ1v) is 7.32. The van der Waals surface area contributed by atoms with E-state index in [1.807, 2.05) is 0 Å². The van der Waals surface area contributed by atoms with Gasteiger partial charge in [0.15, 0.2) is 0 Å². The molecule has 0 spiro atoms. The fourth-order valence-electron chi connectivity index (χ4n) is 3.32. The summed E-state index contributed by atoms with van der Waals surface area (Å²) in [6.45, 7) is 0.944. The van der Waals surface area contributed by atoms with Crippen molar-refractivity contribution in [3.63, 3.8) is 0 Å². The van der Waals surface area contributed by atoms with Crippen molar-refractivity contribution >= 4 is 0 Å². The molecule has 3 rings (SSSR count). The van der Waals surface area contributed by atoms with E-state index in [1.54, 1.807) is 0 Å². The van der Waals surface area contributed by atoms with Crippen LogP contribution in [0.1, 0.15) is 68.3 Å². The molecule has 3 N–H and O–H groups in total. The summed E-state index contributed by atoms with van der Waals surface area (Å²) in [6, 6.07) is 0.0741. The van der Waals surface area contributed by atoms with Gasteiger partial charge in [0.25, 0.3) is 5.56 Å². The quantitative estimate of drug-likeness (QED) is 0.762. The van der Waals surface area contributed by atoms with Crippen LogP contribution in [0, 0.1) is 0 Å². The monoisotopic (exact) mass is 263 g/mol. The van der Waals surface area contributed by atoms with E-state index in [0.717, 1.165) is 51.5 Å². The van der Waals surface area contributed by atoms with Gasteiger partial charge in [-0.05, 0) is 38.1 Å². The van der Waals surface area contributed by atoms with Crippen molar-refractivity contribution in [1.29, 1.82) is 0 Å². The molecule has 19 heavy (non-hydrogen) atoms. The van der Waals surface area contributed by atoms with E-state index in [0.29, 0.717) is 11.4 Å². The maximum Gasteiger partial charge on any atom is 0.258 e. The zero-order valence-corrected chi connectivity index (χ0v) is 11.1. The van der Waals surface area contributed by atoms with E-state index < -0.39 is 0 Å². The Morgan fingerprint density at radius 2 is 1.84 bits per heavy atom. The molecule has 1 saturated carbocycles. The average Bonchev–Trinajstić information content (AvgIpc) is 2.93. The lowest BCUT2D eigenvalue weighted by atomic mass is 9.99. The van der Waals surface area contributed by atoms with E-state index in [4.69, 9.17) is 0 Å². The molecule has 1 aromatic rings. The fraction of sp³-hybridized carbons (Fsp3) is 0.714. The molecule has 0 aromatic carbocycles. The highest BCUT2D eigenvalue weighted by molar-refractivity contribution is 5.28. The summed E-state index contributed by atoms with van der Waals surface area (Å²) in [5.74, 6) is 0.714. The van der Waals surface area contributed by atoms with Crippen LogP contribution in [0.25, 0.3) is 0 Å². The predicted octanol–water partition coefficient (Wildman–Crippen LogP) is 1.95. The minimum absolute atomic E-state index is 0.0574. The first-order chi connectivity index (χ1) is 9.25. The van der Waals surface area contributed by atoms with Gasteiger partial charge in [-0.15, -0.1) is 0 Å². The summed E-state index contributed by atoms with van der Waals surface area (Å²) in [7, 11) is 0. The number of rotatable bonds is 2. The highest BCUT2D eigenvalue weighted by Gasteiger charge is 2.26. The predicted molar refractivity (Wildman–Crippen MR) is 72.3 cm³/mol. The van der Waals surface area contributed by atoms with Gasteiger partial charge in [0, 0.05) is 0 Å². The zero-order chi connectivity index (χ0) is 13.2. The van der Waals surface area contributed by atoms with Crippen LogP contribution in [0.5, 0.6) is 5.88 Å². The number of nitrogens with one attached hydrogen (secondary N) is 2. The van der Waals surface area contributed by atoms with Gasteiger partial charge in [0.2, 0.25) is 5.88 Å². The van der Waals surface area contributed by atoms with Crippen LogP contribution in [0.15, 0.2) is 4.79 Å². The van der Waals surface area contributed by atoms with Crippen molar-refractivity contribution < 1.29 is 5.11 Å². The SMILES string of the molecule is O=c1[nH]c(C2CCCCN2)nc(O)c1C1CCCC1. The summed E-state index contributed by atoms with van der Waals surface area (Å²) in [4.78, 5) is 19.3. The highest BCUT2D eigenvalue weighted by atomic mass is 16.3. The minimum atomic E-state index is -0.151. The summed E-state index contributed by atoms with van der Waals surface area (Å²) in [6.07, 6.45) is 7.49. The lowest BCUT2D eigenvalue weighted by molar-refractivity contribution is 0.381. The third-order valence-electron chi connectivity index (χ3n) is 4.36. The second-order valence-corrected chi connectivity index (χ2v) is 5.67. The third-order valence-corrected chi connectivity index (χ3v) is 4.36. The van der Waals surface area contributed by atoms with Gasteiger partial charge in [0.1, 0.15) is 5.82 Å². The number of piperidine rings is 1. The van der Waals surface area contributed by atoms with Crippen LogP contribution in [0.4, 0.5) is 0 Å². The minimum Gasteiger partial charge on any atom is -0.493 e. The van der Waals surface area contributed by atoms with Gasteiger partial charge in [-0.3, -0.25) is 4.79 Å². The van der Waals surface area contributed by atoms with Crippen molar-refractivity contribution in [1.82, 2.24) is 15.3 Å². The summed E-state index contributed by atoms with van der Waals surface area (Å²) in [5, 5.41) is 13.4. The Kier molecular flexibility index (Phi) is 3.55. The van der Waals surface area contributed by atoms with Crippen molar-refractivity contribution in [3.8, 4) is 5.88 Å². The van der Waals surface area contributed by atoms with Crippen LogP contribution >= 0.6 is 0 Å². The molecule has 2 aliphatic rings. The number of hydrogen-bond acceptors (Lipinski definition) is 4. The van der Waals surface area contributed by atoms with Crippen LogP contribution in [0.2, 0.25) is 0 Å². The molecule has 2 fully saturated rings. The topological polar surface area (TPSA) is 78.0 Å². The van der Waals surface area contributed by atoms with Gasteiger partial charge in [-0.2, -0.15) is 4.98 Å². The molecule has 1 aromatic heterocycles. The summed E-state index contributed by atoms with van der Waals surface area (Å²) >= 11 is 0. The lowest BCUT2D eigenvalue weighted by Crippen LogP contribution is -2.30. The number of aromatic amines is 1. The Morgan fingerprint density at radius 3 is 2.47 bits per heavy atom. The molecule has 1 unspecified atom stereocenters. The lowest BCUT2D eigenvalue weighted by Gasteiger charge is -2.23. The van der Waals surface area contributed by atoms with Crippen LogP contribution in [0.3, 0.4) is 0 Å². The summed E-state index contributed by atoms with van der Waals surface area (Å²) in [5.41, 5.74) is 0.346.